The lowest BCUT2D eigenvalue weighted by Gasteiger charge is -2.35. The van der Waals surface area contributed by atoms with E-state index in [4.69, 9.17) is 0 Å². The van der Waals surface area contributed by atoms with Crippen LogP contribution in [0.3, 0.4) is 0 Å². The van der Waals surface area contributed by atoms with Gasteiger partial charge in [0, 0.05) is 21.7 Å². The topological polar surface area (TPSA) is 33.2 Å². The quantitative estimate of drug-likeness (QED) is 0.691. The van der Waals surface area contributed by atoms with Gasteiger partial charge in [-0.25, -0.2) is 4.98 Å². The summed E-state index contributed by atoms with van der Waals surface area (Å²) in [4.78, 5) is 21.9. The van der Waals surface area contributed by atoms with Gasteiger partial charge >= 0.3 is 0 Å². The van der Waals surface area contributed by atoms with E-state index in [1.54, 1.807) is 22.7 Å². The first kappa shape index (κ1) is 14.1. The highest BCUT2D eigenvalue weighted by Gasteiger charge is 2.34. The van der Waals surface area contributed by atoms with Crippen LogP contribution in [0.5, 0.6) is 0 Å². The standard InChI is InChI=1S/C16H14N2OS3/c1-10-17-12(9-22-10)16(19)18-6-4-13-11(5-8-21-13)15(18)14-3-2-7-20-14/h2-3,5,7-9,15H,4,6H2,1H3. The van der Waals surface area contributed by atoms with Crippen molar-refractivity contribution in [2.24, 2.45) is 0 Å². The van der Waals surface area contributed by atoms with Crippen molar-refractivity contribution in [1.29, 1.82) is 0 Å². The number of fused-ring (bicyclic) bond motifs is 1. The summed E-state index contributed by atoms with van der Waals surface area (Å²) in [6, 6.07) is 6.37. The van der Waals surface area contributed by atoms with Gasteiger partial charge in [-0.15, -0.1) is 34.0 Å². The Hall–Kier alpha value is -1.50. The minimum Gasteiger partial charge on any atom is -0.325 e. The Morgan fingerprint density at radius 2 is 2.18 bits per heavy atom. The van der Waals surface area contributed by atoms with Crippen LogP contribution in [0.15, 0.2) is 34.3 Å². The number of hydrogen-bond donors (Lipinski definition) is 0. The van der Waals surface area contributed by atoms with Crippen molar-refractivity contribution in [3.63, 3.8) is 0 Å². The molecule has 0 aromatic carbocycles. The minimum atomic E-state index is 0.0320. The SMILES string of the molecule is Cc1nc(C(=O)N2CCc3sccc3C2c2cccs2)cs1. The van der Waals surface area contributed by atoms with Crippen molar-refractivity contribution < 1.29 is 4.79 Å². The molecule has 0 fully saturated rings. The molecular formula is C16H14N2OS3. The lowest BCUT2D eigenvalue weighted by Crippen LogP contribution is -2.39. The molecule has 1 aliphatic heterocycles. The summed E-state index contributed by atoms with van der Waals surface area (Å²) in [5.74, 6) is 0.0413. The monoisotopic (exact) mass is 346 g/mol. The summed E-state index contributed by atoms with van der Waals surface area (Å²) in [5.41, 5.74) is 1.85. The molecule has 4 heterocycles. The highest BCUT2D eigenvalue weighted by atomic mass is 32.1. The Bertz CT molecular complexity index is 803. The molecule has 0 bridgehead atoms. The fourth-order valence-corrected chi connectivity index (χ4v) is 5.24. The molecule has 3 aromatic heterocycles. The number of aryl methyl sites for hydroxylation is 1. The van der Waals surface area contributed by atoms with Crippen LogP contribution in [0.4, 0.5) is 0 Å². The van der Waals surface area contributed by atoms with Crippen LogP contribution in [-0.2, 0) is 6.42 Å². The molecule has 0 saturated carbocycles. The van der Waals surface area contributed by atoms with Crippen LogP contribution in [0.25, 0.3) is 0 Å². The van der Waals surface area contributed by atoms with E-state index in [1.165, 1.54) is 26.7 Å². The number of carbonyl (C=O) groups excluding carboxylic acids is 1. The van der Waals surface area contributed by atoms with E-state index in [0.717, 1.165) is 18.0 Å². The van der Waals surface area contributed by atoms with E-state index in [9.17, 15) is 4.79 Å². The maximum Gasteiger partial charge on any atom is 0.274 e. The number of hydrogen-bond acceptors (Lipinski definition) is 5. The lowest BCUT2D eigenvalue weighted by molar-refractivity contribution is 0.0693. The van der Waals surface area contributed by atoms with Gasteiger partial charge in [-0.1, -0.05) is 6.07 Å². The molecule has 0 saturated heterocycles. The van der Waals surface area contributed by atoms with Crippen molar-refractivity contribution in [3.05, 3.63) is 60.4 Å². The van der Waals surface area contributed by atoms with Gasteiger partial charge in [0.15, 0.2) is 0 Å². The zero-order valence-electron chi connectivity index (χ0n) is 12.0. The molecule has 6 heteroatoms. The minimum absolute atomic E-state index is 0.0320. The summed E-state index contributed by atoms with van der Waals surface area (Å²) in [6.07, 6.45) is 0.934. The zero-order valence-corrected chi connectivity index (χ0v) is 14.4. The van der Waals surface area contributed by atoms with Crippen molar-refractivity contribution in [3.8, 4) is 0 Å². The van der Waals surface area contributed by atoms with Crippen LogP contribution in [0.2, 0.25) is 0 Å². The van der Waals surface area contributed by atoms with Crippen LogP contribution < -0.4 is 0 Å². The van der Waals surface area contributed by atoms with Gasteiger partial charge in [0.1, 0.15) is 5.69 Å². The summed E-state index contributed by atoms with van der Waals surface area (Å²) < 4.78 is 0. The third-order valence-electron chi connectivity index (χ3n) is 3.88. The maximum atomic E-state index is 12.9. The smallest absolute Gasteiger partial charge is 0.274 e. The largest absolute Gasteiger partial charge is 0.325 e. The average molecular weight is 347 g/mol. The van der Waals surface area contributed by atoms with E-state index >= 15 is 0 Å². The lowest BCUT2D eigenvalue weighted by atomic mass is 9.98. The first-order valence-electron chi connectivity index (χ1n) is 7.07. The molecule has 0 N–H and O–H groups in total. The second-order valence-corrected chi connectivity index (χ2v) is 8.26. The number of aromatic nitrogens is 1. The van der Waals surface area contributed by atoms with E-state index in [1.807, 2.05) is 17.2 Å². The number of nitrogens with zero attached hydrogens (tertiary/aromatic N) is 2. The molecule has 0 radical (unpaired) electrons. The summed E-state index contributed by atoms with van der Waals surface area (Å²) >= 11 is 5.03. The summed E-state index contributed by atoms with van der Waals surface area (Å²) in [6.45, 7) is 2.69. The van der Waals surface area contributed by atoms with Crippen LogP contribution in [0, 0.1) is 6.92 Å². The van der Waals surface area contributed by atoms with Crippen molar-refractivity contribution in [1.82, 2.24) is 9.88 Å². The Balaban J connectivity index is 1.76. The molecule has 1 atom stereocenters. The molecule has 0 spiro atoms. The predicted molar refractivity (Wildman–Crippen MR) is 92.1 cm³/mol. The third-order valence-corrected chi connectivity index (χ3v) is 6.57. The average Bonchev–Trinajstić information content (AvgIpc) is 3.26. The molecule has 1 aliphatic rings. The van der Waals surface area contributed by atoms with Crippen molar-refractivity contribution >= 4 is 39.9 Å². The van der Waals surface area contributed by atoms with Crippen LogP contribution >= 0.6 is 34.0 Å². The second-order valence-electron chi connectivity index (χ2n) is 5.22. The van der Waals surface area contributed by atoms with Crippen LogP contribution in [-0.4, -0.2) is 22.3 Å². The molecular weight excluding hydrogens is 332 g/mol. The Kier molecular flexibility index (Phi) is 3.60. The molecule has 1 unspecified atom stereocenters. The number of carbonyl (C=O) groups is 1. The Morgan fingerprint density at radius 3 is 2.91 bits per heavy atom. The molecule has 112 valence electrons. The Morgan fingerprint density at radius 1 is 1.27 bits per heavy atom. The van der Waals surface area contributed by atoms with Gasteiger partial charge in [0.2, 0.25) is 0 Å². The highest BCUT2D eigenvalue weighted by molar-refractivity contribution is 7.11. The van der Waals surface area contributed by atoms with Crippen molar-refractivity contribution in [2.45, 2.75) is 19.4 Å². The number of thiophene rings is 2. The molecule has 3 nitrogen and oxygen atoms in total. The zero-order chi connectivity index (χ0) is 15.1. The van der Waals surface area contributed by atoms with Gasteiger partial charge in [-0.05, 0) is 41.8 Å². The number of amides is 1. The number of rotatable bonds is 2. The highest BCUT2D eigenvalue weighted by Crippen LogP contribution is 2.40. The summed E-state index contributed by atoms with van der Waals surface area (Å²) in [7, 11) is 0. The van der Waals surface area contributed by atoms with Gasteiger partial charge in [0.05, 0.1) is 11.0 Å². The normalized spacial score (nSPS) is 17.5. The van der Waals surface area contributed by atoms with Gasteiger partial charge in [-0.3, -0.25) is 4.79 Å². The fraction of sp³-hybridized carbons (Fsp3) is 0.250. The van der Waals surface area contributed by atoms with Gasteiger partial charge in [0.25, 0.3) is 5.91 Å². The molecule has 3 aromatic rings. The molecule has 0 aliphatic carbocycles. The van der Waals surface area contributed by atoms with Gasteiger partial charge < -0.3 is 4.90 Å². The molecule has 4 rings (SSSR count). The van der Waals surface area contributed by atoms with Crippen molar-refractivity contribution in [2.75, 3.05) is 6.54 Å². The van der Waals surface area contributed by atoms with E-state index in [0.29, 0.717) is 5.69 Å². The second kappa shape index (κ2) is 5.61. The van der Waals surface area contributed by atoms with E-state index in [2.05, 4.69) is 33.9 Å². The van der Waals surface area contributed by atoms with E-state index in [-0.39, 0.29) is 11.9 Å². The molecule has 22 heavy (non-hydrogen) atoms. The van der Waals surface area contributed by atoms with Crippen LogP contribution in [0.1, 0.15) is 36.9 Å². The third kappa shape index (κ3) is 2.31. The summed E-state index contributed by atoms with van der Waals surface area (Å²) in [5, 5.41) is 7.01. The predicted octanol–water partition coefficient (Wildman–Crippen LogP) is 4.36. The molecule has 1 amide bonds. The number of thiazole rings is 1. The first-order chi connectivity index (χ1) is 10.7. The fourth-order valence-electron chi connectivity index (χ4n) is 2.90. The first-order valence-corrected chi connectivity index (χ1v) is 9.70. The van der Waals surface area contributed by atoms with Gasteiger partial charge in [-0.2, -0.15) is 0 Å². The van der Waals surface area contributed by atoms with E-state index < -0.39 is 0 Å². The maximum absolute atomic E-state index is 12.9. The Labute approximate surface area is 140 Å².